The summed E-state index contributed by atoms with van der Waals surface area (Å²) >= 11 is 3.41. The molecule has 7 nitrogen and oxygen atoms in total. The summed E-state index contributed by atoms with van der Waals surface area (Å²) in [5.41, 5.74) is 1.58. The fourth-order valence-corrected chi connectivity index (χ4v) is 4.23. The van der Waals surface area contributed by atoms with Crippen molar-refractivity contribution in [3.63, 3.8) is 0 Å². The van der Waals surface area contributed by atoms with Gasteiger partial charge in [0.25, 0.3) is 0 Å². The minimum Gasteiger partial charge on any atom is -0.469 e. The van der Waals surface area contributed by atoms with E-state index >= 15 is 0 Å². The first-order chi connectivity index (χ1) is 17.7. The van der Waals surface area contributed by atoms with E-state index in [9.17, 15) is 23.5 Å². The molecule has 196 valence electrons. The Hall–Kier alpha value is -3.34. The minimum absolute atomic E-state index is 0.00136. The third-order valence-corrected chi connectivity index (χ3v) is 6.11. The molecular formula is C27H28BrF2N3O4. The Bertz CT molecular complexity index is 1180. The molecule has 4 N–H and O–H groups in total. The molecule has 0 aliphatic carbocycles. The average Bonchev–Trinajstić information content (AvgIpc) is 2.85. The summed E-state index contributed by atoms with van der Waals surface area (Å²) in [6, 6.07) is 17.1. The summed E-state index contributed by atoms with van der Waals surface area (Å²) in [6.07, 6.45) is -1.22. The van der Waals surface area contributed by atoms with Crippen molar-refractivity contribution in [1.82, 2.24) is 10.6 Å². The summed E-state index contributed by atoms with van der Waals surface area (Å²) in [4.78, 5) is 24.7. The summed E-state index contributed by atoms with van der Waals surface area (Å²) in [5, 5.41) is 19.6. The Labute approximate surface area is 222 Å². The number of halogens is 3. The number of carbonyl (C=O) groups excluding carboxylic acids is 2. The Morgan fingerprint density at radius 2 is 1.70 bits per heavy atom. The van der Waals surface area contributed by atoms with Gasteiger partial charge in [-0.1, -0.05) is 46.3 Å². The zero-order valence-electron chi connectivity index (χ0n) is 20.1. The lowest BCUT2D eigenvalue weighted by Crippen LogP contribution is -2.50. The van der Waals surface area contributed by atoms with Crippen LogP contribution in [0.3, 0.4) is 0 Å². The minimum atomic E-state index is -1.18. The number of para-hydroxylation sites is 1. The highest BCUT2D eigenvalue weighted by molar-refractivity contribution is 9.10. The SMILES string of the molecule is COC(=O)CC(NCC(O)C(Cc1cc(F)cc(F)c1)NC(=O)Nc1ccccc1)c1cccc(Br)c1. The molecule has 0 aliphatic heterocycles. The third kappa shape index (κ3) is 9.23. The number of aliphatic hydroxyl groups excluding tert-OH is 1. The maximum Gasteiger partial charge on any atom is 0.319 e. The van der Waals surface area contributed by atoms with Crippen LogP contribution in [-0.2, 0) is 16.0 Å². The summed E-state index contributed by atoms with van der Waals surface area (Å²) < 4.78 is 33.2. The van der Waals surface area contributed by atoms with Crippen molar-refractivity contribution in [2.75, 3.05) is 19.0 Å². The number of amides is 2. The van der Waals surface area contributed by atoms with Gasteiger partial charge in [0.2, 0.25) is 0 Å². The number of rotatable bonds is 11. The first-order valence-electron chi connectivity index (χ1n) is 11.5. The zero-order valence-corrected chi connectivity index (χ0v) is 21.7. The number of urea groups is 1. The molecule has 0 radical (unpaired) electrons. The van der Waals surface area contributed by atoms with Gasteiger partial charge < -0.3 is 25.8 Å². The average molecular weight is 576 g/mol. The summed E-state index contributed by atoms with van der Waals surface area (Å²) in [6.45, 7) is -0.0394. The molecule has 0 heterocycles. The number of anilines is 1. The number of nitrogens with one attached hydrogen (secondary N) is 3. The molecule has 0 bridgehead atoms. The molecule has 37 heavy (non-hydrogen) atoms. The molecule has 0 saturated carbocycles. The number of benzene rings is 3. The van der Waals surface area contributed by atoms with Gasteiger partial charge in [0.05, 0.1) is 25.7 Å². The molecule has 3 atom stereocenters. The van der Waals surface area contributed by atoms with Crippen LogP contribution >= 0.6 is 15.9 Å². The predicted molar refractivity (Wildman–Crippen MR) is 140 cm³/mol. The number of carbonyl (C=O) groups is 2. The van der Waals surface area contributed by atoms with E-state index in [2.05, 4.69) is 31.9 Å². The number of ether oxygens (including phenoxy) is 1. The quantitative estimate of drug-likeness (QED) is 0.248. The highest BCUT2D eigenvalue weighted by Gasteiger charge is 2.25. The van der Waals surface area contributed by atoms with Crippen molar-refractivity contribution in [2.24, 2.45) is 0 Å². The van der Waals surface area contributed by atoms with Crippen LogP contribution in [0.25, 0.3) is 0 Å². The van der Waals surface area contributed by atoms with Crippen LogP contribution < -0.4 is 16.0 Å². The van der Waals surface area contributed by atoms with Crippen molar-refractivity contribution < 1.29 is 28.2 Å². The van der Waals surface area contributed by atoms with E-state index in [0.717, 1.165) is 28.2 Å². The number of methoxy groups -OCH3 is 1. The second-order valence-electron chi connectivity index (χ2n) is 8.42. The normalized spacial score (nSPS) is 13.3. The van der Waals surface area contributed by atoms with E-state index < -0.39 is 41.8 Å². The van der Waals surface area contributed by atoms with Gasteiger partial charge in [-0.25, -0.2) is 13.6 Å². The number of hydrogen-bond acceptors (Lipinski definition) is 5. The third-order valence-electron chi connectivity index (χ3n) is 5.61. The monoisotopic (exact) mass is 575 g/mol. The van der Waals surface area contributed by atoms with Crippen LogP contribution in [-0.4, -0.2) is 42.9 Å². The van der Waals surface area contributed by atoms with Crippen LogP contribution in [0.1, 0.15) is 23.6 Å². The van der Waals surface area contributed by atoms with Gasteiger partial charge >= 0.3 is 12.0 Å². The molecular weight excluding hydrogens is 548 g/mol. The standard InChI is InChI=1S/C27H28BrF2N3O4/c1-37-26(35)15-23(18-6-5-7-19(28)13-18)31-16-25(34)24(12-17-10-20(29)14-21(30)11-17)33-27(36)32-22-8-3-2-4-9-22/h2-11,13-14,23-25,31,34H,12,15-16H2,1H3,(H2,32,33,36). The first-order valence-corrected chi connectivity index (χ1v) is 12.3. The van der Waals surface area contributed by atoms with Crippen molar-refractivity contribution in [3.05, 3.63) is 100 Å². The van der Waals surface area contributed by atoms with Gasteiger partial charge in [-0.3, -0.25) is 4.79 Å². The zero-order chi connectivity index (χ0) is 26.8. The van der Waals surface area contributed by atoms with Crippen molar-refractivity contribution in [3.8, 4) is 0 Å². The lowest BCUT2D eigenvalue weighted by atomic mass is 9.99. The Kier molecular flexibility index (Phi) is 10.6. The smallest absolute Gasteiger partial charge is 0.319 e. The topological polar surface area (TPSA) is 99.7 Å². The van der Waals surface area contributed by atoms with Gasteiger partial charge in [0.1, 0.15) is 11.6 Å². The van der Waals surface area contributed by atoms with E-state index in [0.29, 0.717) is 5.69 Å². The Morgan fingerprint density at radius 3 is 2.35 bits per heavy atom. The van der Waals surface area contributed by atoms with Crippen LogP contribution in [0, 0.1) is 11.6 Å². The number of hydrogen-bond donors (Lipinski definition) is 4. The highest BCUT2D eigenvalue weighted by Crippen LogP contribution is 2.22. The lowest BCUT2D eigenvalue weighted by molar-refractivity contribution is -0.141. The largest absolute Gasteiger partial charge is 0.469 e. The molecule has 2 amide bonds. The van der Waals surface area contributed by atoms with Gasteiger partial charge in [-0.2, -0.15) is 0 Å². The predicted octanol–water partition coefficient (Wildman–Crippen LogP) is 4.72. The maximum atomic E-state index is 13.8. The number of aliphatic hydroxyl groups is 1. The lowest BCUT2D eigenvalue weighted by Gasteiger charge is -2.27. The van der Waals surface area contributed by atoms with Crippen molar-refractivity contribution >= 4 is 33.6 Å². The van der Waals surface area contributed by atoms with Crippen LogP contribution in [0.5, 0.6) is 0 Å². The molecule has 10 heteroatoms. The molecule has 0 saturated heterocycles. The molecule has 3 unspecified atom stereocenters. The molecule has 0 spiro atoms. The maximum absolute atomic E-state index is 13.8. The van der Waals surface area contributed by atoms with E-state index in [1.54, 1.807) is 30.3 Å². The number of esters is 1. The highest BCUT2D eigenvalue weighted by atomic mass is 79.9. The van der Waals surface area contributed by atoms with E-state index in [1.807, 2.05) is 24.3 Å². The van der Waals surface area contributed by atoms with Gasteiger partial charge in [0.15, 0.2) is 0 Å². The van der Waals surface area contributed by atoms with E-state index in [1.165, 1.54) is 7.11 Å². The van der Waals surface area contributed by atoms with Crippen LogP contribution in [0.4, 0.5) is 19.3 Å². The molecule has 3 aromatic carbocycles. The Balaban J connectivity index is 1.76. The van der Waals surface area contributed by atoms with Crippen molar-refractivity contribution in [1.29, 1.82) is 0 Å². The fraction of sp³-hybridized carbons (Fsp3) is 0.259. The molecule has 0 aromatic heterocycles. The van der Waals surface area contributed by atoms with Gasteiger partial charge in [-0.15, -0.1) is 0 Å². The van der Waals surface area contributed by atoms with Crippen molar-refractivity contribution in [2.45, 2.75) is 31.0 Å². The van der Waals surface area contributed by atoms with Crippen LogP contribution in [0.15, 0.2) is 77.3 Å². The van der Waals surface area contributed by atoms with E-state index in [-0.39, 0.29) is 24.9 Å². The molecule has 3 aromatic rings. The fourth-order valence-electron chi connectivity index (χ4n) is 3.81. The molecule has 0 fully saturated rings. The van der Waals surface area contributed by atoms with Gasteiger partial charge in [0, 0.05) is 28.8 Å². The summed E-state index contributed by atoms with van der Waals surface area (Å²) in [5.74, 6) is -1.97. The molecule has 0 aliphatic rings. The second-order valence-corrected chi connectivity index (χ2v) is 9.33. The Morgan fingerprint density at radius 1 is 1.00 bits per heavy atom. The van der Waals surface area contributed by atoms with Crippen LogP contribution in [0.2, 0.25) is 0 Å². The summed E-state index contributed by atoms with van der Waals surface area (Å²) in [7, 11) is 1.29. The first kappa shape index (κ1) is 28.2. The van der Waals surface area contributed by atoms with Gasteiger partial charge in [-0.05, 0) is 53.9 Å². The molecule has 3 rings (SSSR count). The van der Waals surface area contributed by atoms with E-state index in [4.69, 9.17) is 4.74 Å². The second kappa shape index (κ2) is 13.8.